The molecule has 2 rings (SSSR count). The smallest absolute Gasteiger partial charge is 0.224 e. The molecule has 4 nitrogen and oxygen atoms in total. The highest BCUT2D eigenvalue weighted by Crippen LogP contribution is 2.09. The van der Waals surface area contributed by atoms with E-state index in [0.29, 0.717) is 6.54 Å². The van der Waals surface area contributed by atoms with Gasteiger partial charge in [0.2, 0.25) is 5.91 Å². The summed E-state index contributed by atoms with van der Waals surface area (Å²) >= 11 is 0. The first-order chi connectivity index (χ1) is 8.29. The van der Waals surface area contributed by atoms with Crippen molar-refractivity contribution in [1.29, 1.82) is 0 Å². The maximum atomic E-state index is 11.8. The van der Waals surface area contributed by atoms with E-state index in [1.807, 2.05) is 24.3 Å². The molecule has 1 atom stereocenters. The Morgan fingerprint density at radius 2 is 2.22 bits per heavy atom. The van der Waals surface area contributed by atoms with Crippen LogP contribution in [-0.4, -0.2) is 24.1 Å². The lowest BCUT2D eigenvalue weighted by Crippen LogP contribution is -2.31. The largest absolute Gasteiger partial charge is 0.392 e. The predicted octanol–water partition coefficient (Wildman–Crippen LogP) is 0.826. The van der Waals surface area contributed by atoms with Crippen LogP contribution in [0.3, 0.4) is 0 Å². The van der Waals surface area contributed by atoms with E-state index in [-0.39, 0.29) is 30.8 Å². The molecular formula is C13H19ClN2O2. The maximum absolute atomic E-state index is 11.8. The summed E-state index contributed by atoms with van der Waals surface area (Å²) in [7, 11) is 0. The number of benzene rings is 1. The summed E-state index contributed by atoms with van der Waals surface area (Å²) < 4.78 is 0. The van der Waals surface area contributed by atoms with Gasteiger partial charge in [0.1, 0.15) is 0 Å². The van der Waals surface area contributed by atoms with E-state index in [1.165, 1.54) is 0 Å². The third kappa shape index (κ3) is 3.98. The molecule has 18 heavy (non-hydrogen) atoms. The van der Waals surface area contributed by atoms with Gasteiger partial charge in [-0.05, 0) is 24.1 Å². The molecule has 0 aromatic heterocycles. The summed E-state index contributed by atoms with van der Waals surface area (Å²) in [5.74, 6) is 0.223. The Hall–Kier alpha value is -1.10. The third-order valence-corrected chi connectivity index (χ3v) is 3.07. The van der Waals surface area contributed by atoms with Gasteiger partial charge in [0.25, 0.3) is 0 Å². The maximum Gasteiger partial charge on any atom is 0.224 e. The Kier molecular flexibility index (Phi) is 6.12. The number of carbonyl (C=O) groups excluding carboxylic acids is 1. The zero-order valence-corrected chi connectivity index (χ0v) is 11.0. The van der Waals surface area contributed by atoms with Crippen LogP contribution in [0, 0.1) is 5.92 Å². The third-order valence-electron chi connectivity index (χ3n) is 3.07. The van der Waals surface area contributed by atoms with Gasteiger partial charge in [0.05, 0.1) is 12.5 Å². The van der Waals surface area contributed by atoms with Gasteiger partial charge >= 0.3 is 0 Å². The molecule has 5 heteroatoms. The standard InChI is InChI=1S/C13H18N2O2.ClH/c16-9-11-3-1-2-10(6-11)7-15-13(17)12-4-5-14-8-12;/h1-3,6,12,14,16H,4-5,7-9H2,(H,15,17);1H. The molecule has 1 aromatic carbocycles. The molecule has 1 aliphatic rings. The minimum absolute atomic E-state index is 0. The molecule has 0 bridgehead atoms. The molecule has 0 radical (unpaired) electrons. The summed E-state index contributed by atoms with van der Waals surface area (Å²) in [6.45, 7) is 2.28. The summed E-state index contributed by atoms with van der Waals surface area (Å²) in [6, 6.07) is 7.62. The molecule has 1 unspecified atom stereocenters. The molecule has 1 heterocycles. The Bertz CT molecular complexity index is 392. The van der Waals surface area contributed by atoms with E-state index >= 15 is 0 Å². The van der Waals surface area contributed by atoms with Crippen molar-refractivity contribution < 1.29 is 9.90 Å². The normalized spacial score (nSPS) is 18.2. The lowest BCUT2D eigenvalue weighted by Gasteiger charge is -2.10. The van der Waals surface area contributed by atoms with Crippen LogP contribution in [0.2, 0.25) is 0 Å². The van der Waals surface area contributed by atoms with Crippen LogP contribution in [0.1, 0.15) is 17.5 Å². The number of hydrogen-bond donors (Lipinski definition) is 3. The van der Waals surface area contributed by atoms with Gasteiger partial charge in [0, 0.05) is 13.1 Å². The summed E-state index contributed by atoms with van der Waals surface area (Å²) in [4.78, 5) is 11.8. The number of rotatable bonds is 4. The van der Waals surface area contributed by atoms with E-state index in [9.17, 15) is 4.79 Å². The topological polar surface area (TPSA) is 61.4 Å². The molecule has 3 N–H and O–H groups in total. The van der Waals surface area contributed by atoms with Crippen molar-refractivity contribution in [2.45, 2.75) is 19.6 Å². The SMILES string of the molecule is Cl.O=C(NCc1cccc(CO)c1)C1CCNC1. The summed E-state index contributed by atoms with van der Waals surface area (Å²) in [6.07, 6.45) is 0.919. The van der Waals surface area contributed by atoms with E-state index in [2.05, 4.69) is 10.6 Å². The van der Waals surface area contributed by atoms with Crippen LogP contribution >= 0.6 is 12.4 Å². The molecule has 0 saturated carbocycles. The zero-order chi connectivity index (χ0) is 12.1. The average Bonchev–Trinajstić information content (AvgIpc) is 2.90. The Balaban J connectivity index is 0.00000162. The van der Waals surface area contributed by atoms with Crippen LogP contribution < -0.4 is 10.6 Å². The molecule has 1 fully saturated rings. The quantitative estimate of drug-likeness (QED) is 0.759. The molecule has 1 aromatic rings. The minimum Gasteiger partial charge on any atom is -0.392 e. The van der Waals surface area contributed by atoms with Gasteiger partial charge in [-0.3, -0.25) is 4.79 Å². The van der Waals surface area contributed by atoms with E-state index < -0.39 is 0 Å². The fourth-order valence-corrected chi connectivity index (χ4v) is 2.05. The number of aliphatic hydroxyl groups excluding tert-OH is 1. The number of aliphatic hydroxyl groups is 1. The van der Waals surface area contributed by atoms with Crippen LogP contribution in [0.15, 0.2) is 24.3 Å². The molecule has 0 spiro atoms. The van der Waals surface area contributed by atoms with Crippen LogP contribution in [-0.2, 0) is 17.9 Å². The highest BCUT2D eigenvalue weighted by atomic mass is 35.5. The molecular weight excluding hydrogens is 252 g/mol. The molecule has 1 amide bonds. The van der Waals surface area contributed by atoms with Crippen molar-refractivity contribution in [3.05, 3.63) is 35.4 Å². The van der Waals surface area contributed by atoms with E-state index in [4.69, 9.17) is 5.11 Å². The van der Waals surface area contributed by atoms with E-state index in [1.54, 1.807) is 0 Å². The first kappa shape index (κ1) is 15.0. The fraction of sp³-hybridized carbons (Fsp3) is 0.462. The van der Waals surface area contributed by atoms with Crippen LogP contribution in [0.5, 0.6) is 0 Å². The number of carbonyl (C=O) groups is 1. The van der Waals surface area contributed by atoms with E-state index in [0.717, 1.165) is 30.6 Å². The van der Waals surface area contributed by atoms with Crippen LogP contribution in [0.25, 0.3) is 0 Å². The summed E-state index contributed by atoms with van der Waals surface area (Å²) in [5, 5.41) is 15.1. The first-order valence-electron chi connectivity index (χ1n) is 5.96. The van der Waals surface area contributed by atoms with Gasteiger partial charge in [-0.25, -0.2) is 0 Å². The number of nitrogens with one attached hydrogen (secondary N) is 2. The number of halogens is 1. The Morgan fingerprint density at radius 3 is 2.89 bits per heavy atom. The number of amides is 1. The molecule has 0 aliphatic carbocycles. The second-order valence-electron chi connectivity index (χ2n) is 4.39. The monoisotopic (exact) mass is 270 g/mol. The van der Waals surface area contributed by atoms with Crippen LogP contribution in [0.4, 0.5) is 0 Å². The van der Waals surface area contributed by atoms with Gasteiger partial charge in [-0.2, -0.15) is 0 Å². The Morgan fingerprint density at radius 1 is 1.44 bits per heavy atom. The van der Waals surface area contributed by atoms with Gasteiger partial charge in [-0.1, -0.05) is 24.3 Å². The minimum atomic E-state index is 0. The molecule has 1 saturated heterocycles. The first-order valence-corrected chi connectivity index (χ1v) is 5.96. The fourth-order valence-electron chi connectivity index (χ4n) is 2.05. The van der Waals surface area contributed by atoms with Gasteiger partial charge in [0.15, 0.2) is 0 Å². The van der Waals surface area contributed by atoms with Crippen molar-refractivity contribution in [2.75, 3.05) is 13.1 Å². The lowest BCUT2D eigenvalue weighted by atomic mass is 10.1. The second-order valence-corrected chi connectivity index (χ2v) is 4.39. The average molecular weight is 271 g/mol. The summed E-state index contributed by atoms with van der Waals surface area (Å²) in [5.41, 5.74) is 1.90. The van der Waals surface area contributed by atoms with Crippen molar-refractivity contribution in [2.24, 2.45) is 5.92 Å². The predicted molar refractivity (Wildman–Crippen MR) is 72.4 cm³/mol. The highest BCUT2D eigenvalue weighted by Gasteiger charge is 2.21. The van der Waals surface area contributed by atoms with Crippen molar-refractivity contribution in [3.63, 3.8) is 0 Å². The Labute approximate surface area is 113 Å². The van der Waals surface area contributed by atoms with Crippen molar-refractivity contribution >= 4 is 18.3 Å². The van der Waals surface area contributed by atoms with Crippen molar-refractivity contribution in [1.82, 2.24) is 10.6 Å². The molecule has 100 valence electrons. The highest BCUT2D eigenvalue weighted by molar-refractivity contribution is 5.85. The van der Waals surface area contributed by atoms with Gasteiger partial charge in [-0.15, -0.1) is 12.4 Å². The molecule has 1 aliphatic heterocycles. The van der Waals surface area contributed by atoms with Gasteiger partial charge < -0.3 is 15.7 Å². The number of hydrogen-bond acceptors (Lipinski definition) is 3. The lowest BCUT2D eigenvalue weighted by molar-refractivity contribution is -0.124. The second kappa shape index (κ2) is 7.36. The van der Waals surface area contributed by atoms with Crippen molar-refractivity contribution in [3.8, 4) is 0 Å². The zero-order valence-electron chi connectivity index (χ0n) is 10.2.